The maximum absolute atomic E-state index is 9.03. The second kappa shape index (κ2) is 5.42. The molecule has 0 aliphatic heterocycles. The SMILES string of the molecule is N#Cc1ccc(Br)cc1Oc1cccc(N)c1Br. The van der Waals surface area contributed by atoms with Crippen molar-refractivity contribution in [2.24, 2.45) is 0 Å². The molecule has 0 atom stereocenters. The highest BCUT2D eigenvalue weighted by Crippen LogP contribution is 2.35. The summed E-state index contributed by atoms with van der Waals surface area (Å²) in [6.45, 7) is 0. The molecule has 0 unspecified atom stereocenters. The Morgan fingerprint density at radius 1 is 1.11 bits per heavy atom. The molecule has 0 heterocycles. The number of ether oxygens (including phenoxy) is 1. The fourth-order valence-electron chi connectivity index (χ4n) is 1.40. The zero-order chi connectivity index (χ0) is 13.1. The molecule has 0 aromatic heterocycles. The molecule has 2 aromatic rings. The van der Waals surface area contributed by atoms with Gasteiger partial charge in [-0.15, -0.1) is 0 Å². The smallest absolute Gasteiger partial charge is 0.146 e. The average molecular weight is 368 g/mol. The van der Waals surface area contributed by atoms with Crippen molar-refractivity contribution < 1.29 is 4.74 Å². The van der Waals surface area contributed by atoms with E-state index in [1.165, 1.54) is 0 Å². The minimum Gasteiger partial charge on any atom is -0.455 e. The molecule has 2 rings (SSSR count). The minimum absolute atomic E-state index is 0.465. The number of nitrogens with zero attached hydrogens (tertiary/aromatic N) is 1. The van der Waals surface area contributed by atoms with Crippen molar-refractivity contribution in [3.8, 4) is 17.6 Å². The Hall–Kier alpha value is -1.51. The van der Waals surface area contributed by atoms with Crippen LogP contribution < -0.4 is 10.5 Å². The molecule has 5 heteroatoms. The van der Waals surface area contributed by atoms with E-state index >= 15 is 0 Å². The van der Waals surface area contributed by atoms with Crippen molar-refractivity contribution in [2.45, 2.75) is 0 Å². The molecule has 0 fully saturated rings. The van der Waals surface area contributed by atoms with Crippen molar-refractivity contribution in [2.75, 3.05) is 5.73 Å². The topological polar surface area (TPSA) is 59.0 Å². The third-order valence-electron chi connectivity index (χ3n) is 2.28. The summed E-state index contributed by atoms with van der Waals surface area (Å²) in [4.78, 5) is 0. The number of nitrogen functional groups attached to an aromatic ring is 1. The first-order valence-electron chi connectivity index (χ1n) is 5.03. The summed E-state index contributed by atoms with van der Waals surface area (Å²) >= 11 is 6.70. The van der Waals surface area contributed by atoms with Crippen molar-refractivity contribution in [1.82, 2.24) is 0 Å². The van der Waals surface area contributed by atoms with E-state index in [0.29, 0.717) is 27.2 Å². The van der Waals surface area contributed by atoms with Crippen LogP contribution >= 0.6 is 31.9 Å². The lowest BCUT2D eigenvalue weighted by molar-refractivity contribution is 0.478. The van der Waals surface area contributed by atoms with Gasteiger partial charge in [0.05, 0.1) is 10.0 Å². The van der Waals surface area contributed by atoms with Gasteiger partial charge < -0.3 is 10.5 Å². The van der Waals surface area contributed by atoms with Crippen molar-refractivity contribution >= 4 is 37.5 Å². The normalized spacial score (nSPS) is 9.83. The Bertz CT molecular complexity index is 635. The summed E-state index contributed by atoms with van der Waals surface area (Å²) < 4.78 is 7.23. The van der Waals surface area contributed by atoms with Crippen LogP contribution in [0.1, 0.15) is 5.56 Å². The Balaban J connectivity index is 2.43. The lowest BCUT2D eigenvalue weighted by atomic mass is 10.2. The number of hydrogen-bond acceptors (Lipinski definition) is 3. The Kier molecular flexibility index (Phi) is 3.90. The quantitative estimate of drug-likeness (QED) is 0.797. The lowest BCUT2D eigenvalue weighted by Gasteiger charge is -2.10. The van der Waals surface area contributed by atoms with Crippen molar-refractivity contribution in [1.29, 1.82) is 5.26 Å². The first kappa shape index (κ1) is 12.9. The number of rotatable bonds is 2. The number of nitriles is 1. The zero-order valence-electron chi connectivity index (χ0n) is 9.15. The van der Waals surface area contributed by atoms with Gasteiger partial charge in [0.2, 0.25) is 0 Å². The van der Waals surface area contributed by atoms with Gasteiger partial charge in [-0.1, -0.05) is 22.0 Å². The molecule has 90 valence electrons. The number of benzene rings is 2. The van der Waals surface area contributed by atoms with Gasteiger partial charge in [0.15, 0.2) is 0 Å². The van der Waals surface area contributed by atoms with Crippen LogP contribution in [0, 0.1) is 11.3 Å². The van der Waals surface area contributed by atoms with Crippen LogP contribution in [0.3, 0.4) is 0 Å². The van der Waals surface area contributed by atoms with Crippen LogP contribution in [-0.4, -0.2) is 0 Å². The fraction of sp³-hybridized carbons (Fsp3) is 0. The van der Waals surface area contributed by atoms with Gasteiger partial charge in [0.25, 0.3) is 0 Å². The van der Waals surface area contributed by atoms with E-state index in [4.69, 9.17) is 15.7 Å². The van der Waals surface area contributed by atoms with Gasteiger partial charge >= 0.3 is 0 Å². The van der Waals surface area contributed by atoms with E-state index in [1.54, 1.807) is 36.4 Å². The number of nitrogens with two attached hydrogens (primary N) is 1. The van der Waals surface area contributed by atoms with Gasteiger partial charge in [-0.2, -0.15) is 5.26 Å². The molecular weight excluding hydrogens is 360 g/mol. The molecule has 3 nitrogen and oxygen atoms in total. The summed E-state index contributed by atoms with van der Waals surface area (Å²) in [6, 6.07) is 12.7. The average Bonchev–Trinajstić information content (AvgIpc) is 2.35. The Labute approximate surface area is 121 Å². The molecule has 0 aliphatic rings. The van der Waals surface area contributed by atoms with Crippen molar-refractivity contribution in [3.63, 3.8) is 0 Å². The highest BCUT2D eigenvalue weighted by Gasteiger charge is 2.09. The Morgan fingerprint density at radius 2 is 1.89 bits per heavy atom. The van der Waals surface area contributed by atoms with Crippen LogP contribution in [-0.2, 0) is 0 Å². The third-order valence-corrected chi connectivity index (χ3v) is 3.62. The van der Waals surface area contributed by atoms with Crippen LogP contribution in [0.2, 0.25) is 0 Å². The van der Waals surface area contributed by atoms with E-state index in [9.17, 15) is 0 Å². The molecule has 0 saturated heterocycles. The summed E-state index contributed by atoms with van der Waals surface area (Å²) in [6.07, 6.45) is 0. The minimum atomic E-state index is 0.465. The molecule has 2 N–H and O–H groups in total. The van der Waals surface area contributed by atoms with Gasteiger partial charge in [0.1, 0.15) is 17.6 Å². The highest BCUT2D eigenvalue weighted by molar-refractivity contribution is 9.11. The zero-order valence-corrected chi connectivity index (χ0v) is 12.3. The molecule has 0 amide bonds. The maximum Gasteiger partial charge on any atom is 0.146 e. The summed E-state index contributed by atoms with van der Waals surface area (Å²) in [7, 11) is 0. The summed E-state index contributed by atoms with van der Waals surface area (Å²) in [5.74, 6) is 1.06. The van der Waals surface area contributed by atoms with E-state index in [1.807, 2.05) is 0 Å². The fourth-order valence-corrected chi connectivity index (χ4v) is 2.08. The van der Waals surface area contributed by atoms with E-state index in [-0.39, 0.29) is 0 Å². The number of hydrogen-bond donors (Lipinski definition) is 1. The number of halogens is 2. The molecule has 0 saturated carbocycles. The largest absolute Gasteiger partial charge is 0.455 e. The van der Waals surface area contributed by atoms with Crippen LogP contribution in [0.25, 0.3) is 0 Å². The second-order valence-corrected chi connectivity index (χ2v) is 5.22. The standard InChI is InChI=1S/C13H8Br2N2O/c14-9-5-4-8(7-16)12(6-9)18-11-3-1-2-10(17)13(11)15/h1-6H,17H2. The third kappa shape index (κ3) is 2.66. The van der Waals surface area contributed by atoms with Crippen LogP contribution in [0.4, 0.5) is 5.69 Å². The lowest BCUT2D eigenvalue weighted by Crippen LogP contribution is -1.92. The molecule has 0 spiro atoms. The predicted octanol–water partition coefficient (Wildman–Crippen LogP) is 4.46. The van der Waals surface area contributed by atoms with Crippen LogP contribution in [0.5, 0.6) is 11.5 Å². The maximum atomic E-state index is 9.03. The second-order valence-electron chi connectivity index (χ2n) is 3.51. The molecule has 0 aliphatic carbocycles. The molecule has 0 radical (unpaired) electrons. The molecular formula is C13H8Br2N2O. The summed E-state index contributed by atoms with van der Waals surface area (Å²) in [5, 5.41) is 9.03. The first-order chi connectivity index (χ1) is 8.61. The van der Waals surface area contributed by atoms with E-state index in [0.717, 1.165) is 4.47 Å². The molecule has 2 aromatic carbocycles. The van der Waals surface area contributed by atoms with E-state index < -0.39 is 0 Å². The van der Waals surface area contributed by atoms with Gasteiger partial charge in [-0.05, 0) is 46.3 Å². The summed E-state index contributed by atoms with van der Waals surface area (Å²) in [5.41, 5.74) is 6.82. The van der Waals surface area contributed by atoms with E-state index in [2.05, 4.69) is 37.9 Å². The van der Waals surface area contributed by atoms with Gasteiger partial charge in [0, 0.05) is 10.2 Å². The van der Waals surface area contributed by atoms with Gasteiger partial charge in [-0.25, -0.2) is 0 Å². The van der Waals surface area contributed by atoms with Crippen LogP contribution in [0.15, 0.2) is 45.3 Å². The predicted molar refractivity (Wildman–Crippen MR) is 77.5 cm³/mol. The van der Waals surface area contributed by atoms with Crippen molar-refractivity contribution in [3.05, 3.63) is 50.9 Å². The Morgan fingerprint density at radius 3 is 2.61 bits per heavy atom. The monoisotopic (exact) mass is 366 g/mol. The van der Waals surface area contributed by atoms with Gasteiger partial charge in [-0.3, -0.25) is 0 Å². The first-order valence-corrected chi connectivity index (χ1v) is 6.62. The number of anilines is 1. The molecule has 18 heavy (non-hydrogen) atoms. The highest BCUT2D eigenvalue weighted by atomic mass is 79.9. The molecule has 0 bridgehead atoms.